The van der Waals surface area contributed by atoms with Gasteiger partial charge >= 0.3 is 0 Å². The average Bonchev–Trinajstić information content (AvgIpc) is 2.87. The molecule has 120 valence electrons. The molecule has 0 aliphatic carbocycles. The summed E-state index contributed by atoms with van der Waals surface area (Å²) in [5.74, 6) is 1.02. The van der Waals surface area contributed by atoms with Crippen molar-refractivity contribution in [1.82, 2.24) is 4.90 Å². The Bertz CT molecular complexity index is 771. The van der Waals surface area contributed by atoms with E-state index in [4.69, 9.17) is 16.6 Å². The number of hydrogen-bond donors (Lipinski definition) is 0. The molecule has 4 rings (SSSR count). The molecule has 2 heterocycles. The van der Waals surface area contributed by atoms with Gasteiger partial charge in [-0.25, -0.2) is 0 Å². The average molecular weight is 348 g/mol. The zero-order valence-electron chi connectivity index (χ0n) is 13.2. The van der Waals surface area contributed by atoms with Crippen LogP contribution in [0, 0.1) is 0 Å². The lowest BCUT2D eigenvalue weighted by molar-refractivity contribution is 0.605. The maximum absolute atomic E-state index is 6.24. The van der Waals surface area contributed by atoms with Crippen LogP contribution >= 0.6 is 24.0 Å². The van der Waals surface area contributed by atoms with Crippen LogP contribution in [0.25, 0.3) is 0 Å². The molecule has 23 heavy (non-hydrogen) atoms. The van der Waals surface area contributed by atoms with Crippen LogP contribution in [0.3, 0.4) is 0 Å². The van der Waals surface area contributed by atoms with Gasteiger partial charge in [0, 0.05) is 24.8 Å². The molecule has 0 N–H and O–H groups in total. The second kappa shape index (κ2) is 6.06. The number of aliphatic imine (C=N–C) groups is 1. The van der Waals surface area contributed by atoms with Crippen molar-refractivity contribution in [2.45, 2.75) is 12.5 Å². The van der Waals surface area contributed by atoms with Gasteiger partial charge in [0.15, 0.2) is 0 Å². The van der Waals surface area contributed by atoms with Gasteiger partial charge in [-0.05, 0) is 41.3 Å². The second-order valence-electron chi connectivity index (χ2n) is 6.07. The van der Waals surface area contributed by atoms with Crippen molar-refractivity contribution < 1.29 is 0 Å². The van der Waals surface area contributed by atoms with Crippen molar-refractivity contribution in [1.29, 1.82) is 0 Å². The third kappa shape index (κ3) is 2.58. The van der Waals surface area contributed by atoms with Gasteiger partial charge in [0.05, 0.1) is 12.6 Å². The predicted molar refractivity (Wildman–Crippen MR) is 99.2 cm³/mol. The number of rotatable bonds is 0. The molecule has 0 aromatic heterocycles. The smallest absolute Gasteiger partial charge is 0.201 e. The van der Waals surface area contributed by atoms with Crippen LogP contribution in [-0.4, -0.2) is 31.5 Å². The summed E-state index contributed by atoms with van der Waals surface area (Å²) in [6.45, 7) is 0.798. The van der Waals surface area contributed by atoms with Crippen molar-refractivity contribution in [3.8, 4) is 0 Å². The van der Waals surface area contributed by atoms with Crippen molar-refractivity contribution in [3.63, 3.8) is 0 Å². The molecule has 0 radical (unpaired) electrons. The highest BCUT2D eigenvalue weighted by molar-refractivity contribution is 6.30. The lowest BCUT2D eigenvalue weighted by Gasteiger charge is -2.31. The zero-order valence-corrected chi connectivity index (χ0v) is 14.7. The van der Waals surface area contributed by atoms with Crippen molar-refractivity contribution in [2.75, 3.05) is 25.5 Å². The van der Waals surface area contributed by atoms with Crippen molar-refractivity contribution in [3.05, 3.63) is 64.2 Å². The standard InChI is InChI=1S/C18H18ClN3.ClH/c1-21(2)18-20-11-17-15-6-4-3-5-12(15)9-13-10-14(19)7-8-16(13)22(17)18;/h3-8,10,17H,9,11H2,1-2H3;1H. The first-order valence-electron chi connectivity index (χ1n) is 7.52. The fourth-order valence-electron chi connectivity index (χ4n) is 3.49. The molecule has 3 nitrogen and oxygen atoms in total. The topological polar surface area (TPSA) is 18.8 Å². The highest BCUT2D eigenvalue weighted by Gasteiger charge is 2.36. The van der Waals surface area contributed by atoms with E-state index in [1.165, 1.54) is 22.4 Å². The molecular formula is C18H19Cl2N3. The minimum atomic E-state index is 0. The maximum atomic E-state index is 6.24. The Balaban J connectivity index is 0.00000156. The van der Waals surface area contributed by atoms with Crippen LogP contribution in [0.4, 0.5) is 5.69 Å². The van der Waals surface area contributed by atoms with E-state index in [-0.39, 0.29) is 18.4 Å². The molecule has 0 spiro atoms. The lowest BCUT2D eigenvalue weighted by atomic mass is 9.97. The van der Waals surface area contributed by atoms with Crippen LogP contribution in [-0.2, 0) is 6.42 Å². The number of anilines is 1. The maximum Gasteiger partial charge on any atom is 0.201 e. The molecule has 5 heteroatoms. The molecule has 0 saturated carbocycles. The minimum Gasteiger partial charge on any atom is -0.349 e. The highest BCUT2D eigenvalue weighted by atomic mass is 35.5. The van der Waals surface area contributed by atoms with Crippen LogP contribution in [0.5, 0.6) is 0 Å². The number of hydrogen-bond acceptors (Lipinski definition) is 3. The van der Waals surface area contributed by atoms with E-state index >= 15 is 0 Å². The van der Waals surface area contributed by atoms with Gasteiger partial charge < -0.3 is 9.80 Å². The number of fused-ring (bicyclic) bond motifs is 5. The van der Waals surface area contributed by atoms with E-state index in [0.717, 1.165) is 23.9 Å². The van der Waals surface area contributed by atoms with Gasteiger partial charge in [0.1, 0.15) is 0 Å². The van der Waals surface area contributed by atoms with Gasteiger partial charge in [0.25, 0.3) is 0 Å². The van der Waals surface area contributed by atoms with Crippen molar-refractivity contribution in [2.24, 2.45) is 4.99 Å². The molecule has 0 amide bonds. The molecule has 2 aromatic carbocycles. The third-order valence-electron chi connectivity index (χ3n) is 4.43. The quantitative estimate of drug-likeness (QED) is 0.712. The lowest BCUT2D eigenvalue weighted by Crippen LogP contribution is -2.39. The van der Waals surface area contributed by atoms with E-state index in [0.29, 0.717) is 0 Å². The van der Waals surface area contributed by atoms with E-state index < -0.39 is 0 Å². The monoisotopic (exact) mass is 347 g/mol. The molecule has 2 aromatic rings. The van der Waals surface area contributed by atoms with E-state index in [1.807, 2.05) is 20.2 Å². The van der Waals surface area contributed by atoms with Crippen LogP contribution in [0.15, 0.2) is 47.5 Å². The number of benzene rings is 2. The van der Waals surface area contributed by atoms with Crippen LogP contribution < -0.4 is 4.90 Å². The van der Waals surface area contributed by atoms with Crippen molar-refractivity contribution >= 4 is 35.7 Å². The number of nitrogens with zero attached hydrogens (tertiary/aromatic N) is 3. The number of guanidine groups is 1. The number of halogens is 2. The second-order valence-corrected chi connectivity index (χ2v) is 6.51. The van der Waals surface area contributed by atoms with Gasteiger partial charge in [0.2, 0.25) is 5.96 Å². The summed E-state index contributed by atoms with van der Waals surface area (Å²) in [4.78, 5) is 9.23. The summed E-state index contributed by atoms with van der Waals surface area (Å²) < 4.78 is 0. The highest BCUT2D eigenvalue weighted by Crippen LogP contribution is 2.41. The summed E-state index contributed by atoms with van der Waals surface area (Å²) in [6, 6.07) is 15.1. The fourth-order valence-corrected chi connectivity index (χ4v) is 3.69. The molecule has 0 saturated heterocycles. The Kier molecular flexibility index (Phi) is 4.26. The third-order valence-corrected chi connectivity index (χ3v) is 4.66. The first-order valence-corrected chi connectivity index (χ1v) is 7.90. The zero-order chi connectivity index (χ0) is 15.3. The molecule has 2 aliphatic rings. The van der Waals surface area contributed by atoms with Gasteiger partial charge in [-0.1, -0.05) is 35.9 Å². The normalized spacial score (nSPS) is 18.1. The first-order chi connectivity index (χ1) is 10.6. The van der Waals surface area contributed by atoms with Crippen LogP contribution in [0.2, 0.25) is 5.02 Å². The Morgan fingerprint density at radius 3 is 2.70 bits per heavy atom. The summed E-state index contributed by atoms with van der Waals surface area (Å²) in [6.07, 6.45) is 0.916. The SMILES string of the molecule is CN(C)C1=NCC2c3ccccc3Cc3cc(Cl)ccc3N12.Cl. The van der Waals surface area contributed by atoms with E-state index in [9.17, 15) is 0 Å². The van der Waals surface area contributed by atoms with Crippen LogP contribution in [0.1, 0.15) is 22.7 Å². The molecule has 1 atom stereocenters. The Hall–Kier alpha value is -1.71. The molecule has 0 bridgehead atoms. The summed E-state index contributed by atoms with van der Waals surface area (Å²) in [7, 11) is 4.10. The molecule has 2 aliphatic heterocycles. The fraction of sp³-hybridized carbons (Fsp3) is 0.278. The van der Waals surface area contributed by atoms with E-state index in [1.54, 1.807) is 0 Å². The first kappa shape index (κ1) is 16.2. The summed E-state index contributed by atoms with van der Waals surface area (Å²) in [5.41, 5.74) is 5.22. The predicted octanol–water partition coefficient (Wildman–Crippen LogP) is 4.14. The summed E-state index contributed by atoms with van der Waals surface area (Å²) >= 11 is 6.24. The summed E-state index contributed by atoms with van der Waals surface area (Å²) in [5, 5.41) is 0.789. The van der Waals surface area contributed by atoms with Gasteiger partial charge in [-0.15, -0.1) is 12.4 Å². The Morgan fingerprint density at radius 1 is 1.13 bits per heavy atom. The minimum absolute atomic E-state index is 0. The molecular weight excluding hydrogens is 329 g/mol. The largest absolute Gasteiger partial charge is 0.349 e. The van der Waals surface area contributed by atoms with Gasteiger partial charge in [-0.2, -0.15) is 0 Å². The Labute approximate surface area is 148 Å². The molecule has 0 fully saturated rings. The van der Waals surface area contributed by atoms with E-state index in [2.05, 4.69) is 46.2 Å². The van der Waals surface area contributed by atoms with Gasteiger partial charge in [-0.3, -0.25) is 4.99 Å². The Morgan fingerprint density at radius 2 is 1.91 bits per heavy atom. The molecule has 1 unspecified atom stereocenters.